The molecule has 1 N–H and O–H groups in total. The van der Waals surface area contributed by atoms with Gasteiger partial charge in [0.15, 0.2) is 0 Å². The number of anilines is 1. The molecule has 0 aliphatic carbocycles. The number of piperidine rings is 1. The third-order valence-corrected chi connectivity index (χ3v) is 4.51. The van der Waals surface area contributed by atoms with Crippen molar-refractivity contribution in [3.8, 4) is 0 Å². The van der Waals surface area contributed by atoms with Gasteiger partial charge in [-0.2, -0.15) is 0 Å². The molecule has 0 amide bonds. The highest BCUT2D eigenvalue weighted by Gasteiger charge is 2.29. The largest absolute Gasteiger partial charge is 0.389 e. The Morgan fingerprint density at radius 1 is 1.25 bits per heavy atom. The van der Waals surface area contributed by atoms with E-state index in [1.54, 1.807) is 13.0 Å². The maximum Gasteiger partial charge on any atom is 0.146 e. The molecule has 3 heteroatoms. The van der Waals surface area contributed by atoms with Gasteiger partial charge in [-0.05, 0) is 48.8 Å². The van der Waals surface area contributed by atoms with Gasteiger partial charge >= 0.3 is 0 Å². The number of aliphatic hydroxyl groups excluding tert-OH is 1. The zero-order valence-electron chi connectivity index (χ0n) is 13.0. The number of hydrogen-bond acceptors (Lipinski definition) is 2. The maximum atomic E-state index is 14.2. The highest BCUT2D eigenvalue weighted by molar-refractivity contribution is 5.49. The summed E-state index contributed by atoms with van der Waals surface area (Å²) in [5, 5.41) is 9.49. The Labute approximate surface area is 121 Å². The van der Waals surface area contributed by atoms with E-state index in [1.807, 2.05) is 6.07 Å². The summed E-state index contributed by atoms with van der Waals surface area (Å²) in [6.45, 7) is 10.3. The Kier molecular flexibility index (Phi) is 4.38. The van der Waals surface area contributed by atoms with E-state index in [9.17, 15) is 9.50 Å². The Morgan fingerprint density at radius 3 is 2.30 bits per heavy atom. The summed E-state index contributed by atoms with van der Waals surface area (Å²) in [5.74, 6) is 0.483. The Morgan fingerprint density at radius 2 is 1.85 bits per heavy atom. The second-order valence-corrected chi connectivity index (χ2v) is 7.01. The van der Waals surface area contributed by atoms with Crippen molar-refractivity contribution in [2.75, 3.05) is 18.0 Å². The highest BCUT2D eigenvalue weighted by Crippen LogP contribution is 2.36. The van der Waals surface area contributed by atoms with E-state index in [2.05, 4.69) is 25.7 Å². The van der Waals surface area contributed by atoms with Crippen molar-refractivity contribution < 1.29 is 9.50 Å². The van der Waals surface area contributed by atoms with Crippen LogP contribution in [0.15, 0.2) is 18.2 Å². The minimum absolute atomic E-state index is 0.224. The van der Waals surface area contributed by atoms with Crippen LogP contribution in [-0.2, 0) is 0 Å². The molecule has 1 aliphatic heterocycles. The SMILES string of the molecule is C[C@H](O)c1ccc(N2CCC(C(C)(C)C)CC2)c(F)c1. The van der Waals surface area contributed by atoms with E-state index < -0.39 is 6.10 Å². The average molecular weight is 279 g/mol. The van der Waals surface area contributed by atoms with Gasteiger partial charge in [-0.3, -0.25) is 0 Å². The van der Waals surface area contributed by atoms with Gasteiger partial charge in [-0.15, -0.1) is 0 Å². The molecule has 2 nitrogen and oxygen atoms in total. The van der Waals surface area contributed by atoms with Crippen molar-refractivity contribution in [2.45, 2.75) is 46.6 Å². The molecule has 1 aromatic carbocycles. The Bertz CT molecular complexity index is 457. The molecule has 1 heterocycles. The molecular formula is C17H26FNO. The first-order valence-corrected chi connectivity index (χ1v) is 7.51. The van der Waals surface area contributed by atoms with Crippen LogP contribution >= 0.6 is 0 Å². The first-order chi connectivity index (χ1) is 9.29. The number of nitrogens with zero attached hydrogens (tertiary/aromatic N) is 1. The molecule has 1 atom stereocenters. The van der Waals surface area contributed by atoms with E-state index >= 15 is 0 Å². The molecular weight excluding hydrogens is 253 g/mol. The topological polar surface area (TPSA) is 23.5 Å². The Hall–Kier alpha value is -1.09. The van der Waals surface area contributed by atoms with E-state index in [0.717, 1.165) is 25.9 Å². The number of rotatable bonds is 2. The van der Waals surface area contributed by atoms with Crippen molar-refractivity contribution in [1.82, 2.24) is 0 Å². The predicted octanol–water partition coefficient (Wildman–Crippen LogP) is 4.14. The second kappa shape index (κ2) is 5.72. The normalized spacial score (nSPS) is 19.2. The third-order valence-electron chi connectivity index (χ3n) is 4.51. The number of halogens is 1. The van der Waals surface area contributed by atoms with Crippen LogP contribution in [0.5, 0.6) is 0 Å². The lowest BCUT2D eigenvalue weighted by Crippen LogP contribution is -2.38. The van der Waals surface area contributed by atoms with Gasteiger partial charge < -0.3 is 10.0 Å². The fourth-order valence-corrected chi connectivity index (χ4v) is 3.03. The zero-order valence-corrected chi connectivity index (χ0v) is 13.0. The molecule has 20 heavy (non-hydrogen) atoms. The van der Waals surface area contributed by atoms with Crippen molar-refractivity contribution in [1.29, 1.82) is 0 Å². The van der Waals surface area contributed by atoms with Crippen molar-refractivity contribution >= 4 is 5.69 Å². The molecule has 2 rings (SSSR count). The fraction of sp³-hybridized carbons (Fsp3) is 0.647. The van der Waals surface area contributed by atoms with Gasteiger partial charge in [-0.25, -0.2) is 4.39 Å². The summed E-state index contributed by atoms with van der Waals surface area (Å²) in [6, 6.07) is 5.07. The summed E-state index contributed by atoms with van der Waals surface area (Å²) in [6.07, 6.45) is 1.60. The molecule has 0 aromatic heterocycles. The van der Waals surface area contributed by atoms with Gasteiger partial charge in [0.1, 0.15) is 5.82 Å². The number of aliphatic hydroxyl groups is 1. The fourth-order valence-electron chi connectivity index (χ4n) is 3.03. The zero-order chi connectivity index (χ0) is 14.9. The molecule has 0 bridgehead atoms. The summed E-state index contributed by atoms with van der Waals surface area (Å²) in [7, 11) is 0. The van der Waals surface area contributed by atoms with Crippen molar-refractivity contribution in [3.05, 3.63) is 29.6 Å². The first-order valence-electron chi connectivity index (χ1n) is 7.51. The van der Waals surface area contributed by atoms with Crippen LogP contribution in [0.3, 0.4) is 0 Å². The minimum atomic E-state index is -0.620. The van der Waals surface area contributed by atoms with E-state index in [1.165, 1.54) is 6.07 Å². The quantitative estimate of drug-likeness (QED) is 0.879. The van der Waals surface area contributed by atoms with Crippen LogP contribution in [0.1, 0.15) is 52.2 Å². The lowest BCUT2D eigenvalue weighted by atomic mass is 9.75. The number of benzene rings is 1. The van der Waals surface area contributed by atoms with Crippen LogP contribution in [0.4, 0.5) is 10.1 Å². The van der Waals surface area contributed by atoms with Crippen LogP contribution < -0.4 is 4.90 Å². The minimum Gasteiger partial charge on any atom is -0.389 e. The molecule has 112 valence electrons. The maximum absolute atomic E-state index is 14.2. The standard InChI is InChI=1S/C17H26FNO/c1-12(20)13-5-6-16(15(18)11-13)19-9-7-14(8-10-19)17(2,3)4/h5-6,11-12,14,20H,7-10H2,1-4H3/t12-/m0/s1. The van der Waals surface area contributed by atoms with Gasteiger partial charge in [0, 0.05) is 13.1 Å². The lowest BCUT2D eigenvalue weighted by Gasteiger charge is -2.39. The average Bonchev–Trinajstić information content (AvgIpc) is 2.37. The highest BCUT2D eigenvalue weighted by atomic mass is 19.1. The number of hydrogen-bond donors (Lipinski definition) is 1. The van der Waals surface area contributed by atoms with Crippen LogP contribution in [-0.4, -0.2) is 18.2 Å². The molecule has 0 unspecified atom stereocenters. The molecule has 0 radical (unpaired) electrons. The smallest absolute Gasteiger partial charge is 0.146 e. The summed E-state index contributed by atoms with van der Waals surface area (Å²) in [4.78, 5) is 2.13. The third kappa shape index (κ3) is 3.32. The second-order valence-electron chi connectivity index (χ2n) is 7.01. The van der Waals surface area contributed by atoms with Crippen LogP contribution in [0.2, 0.25) is 0 Å². The predicted molar refractivity (Wildman–Crippen MR) is 81.4 cm³/mol. The molecule has 1 aliphatic rings. The van der Waals surface area contributed by atoms with Gasteiger partial charge in [-0.1, -0.05) is 26.8 Å². The van der Waals surface area contributed by atoms with Gasteiger partial charge in [0.05, 0.1) is 11.8 Å². The monoisotopic (exact) mass is 279 g/mol. The first kappa shape index (κ1) is 15.3. The molecule has 0 saturated carbocycles. The van der Waals surface area contributed by atoms with Gasteiger partial charge in [0.2, 0.25) is 0 Å². The molecule has 1 aromatic rings. The van der Waals surface area contributed by atoms with Crippen molar-refractivity contribution in [2.24, 2.45) is 11.3 Å². The Balaban J connectivity index is 2.07. The summed E-state index contributed by atoms with van der Waals surface area (Å²) < 4.78 is 14.2. The van der Waals surface area contributed by atoms with E-state index in [-0.39, 0.29) is 5.82 Å². The van der Waals surface area contributed by atoms with Crippen LogP contribution in [0.25, 0.3) is 0 Å². The lowest BCUT2D eigenvalue weighted by molar-refractivity contribution is 0.197. The molecule has 1 fully saturated rings. The summed E-state index contributed by atoms with van der Waals surface area (Å²) >= 11 is 0. The molecule has 1 saturated heterocycles. The van der Waals surface area contributed by atoms with E-state index in [0.29, 0.717) is 22.6 Å². The molecule has 0 spiro atoms. The van der Waals surface area contributed by atoms with Crippen molar-refractivity contribution in [3.63, 3.8) is 0 Å². The van der Waals surface area contributed by atoms with E-state index in [4.69, 9.17) is 0 Å². The summed E-state index contributed by atoms with van der Waals surface area (Å²) in [5.41, 5.74) is 1.64. The van der Waals surface area contributed by atoms with Gasteiger partial charge in [0.25, 0.3) is 0 Å². The van der Waals surface area contributed by atoms with Crippen LogP contribution in [0, 0.1) is 17.2 Å².